The molecule has 0 radical (unpaired) electrons. The summed E-state index contributed by atoms with van der Waals surface area (Å²) in [5, 5.41) is 24.0. The Bertz CT molecular complexity index is 4040. The summed E-state index contributed by atoms with van der Waals surface area (Å²) in [4.78, 5) is 0. The molecule has 0 aromatic heterocycles. The van der Waals surface area contributed by atoms with Crippen molar-refractivity contribution >= 4 is 58.3 Å². The summed E-state index contributed by atoms with van der Waals surface area (Å²) in [6.07, 6.45) is 10.1. The number of aromatic hydroxyl groups is 2. The van der Waals surface area contributed by atoms with Crippen LogP contribution in [0, 0.1) is 27.7 Å². The van der Waals surface area contributed by atoms with E-state index in [9.17, 15) is 10.2 Å². The van der Waals surface area contributed by atoms with E-state index in [1.54, 1.807) is 44.5 Å². The molecule has 2 heterocycles. The summed E-state index contributed by atoms with van der Waals surface area (Å²) in [6, 6.07) is 75.0. The number of para-hydroxylation sites is 2. The molecule has 424 valence electrons. The van der Waals surface area contributed by atoms with Crippen LogP contribution in [0.15, 0.2) is 229 Å². The summed E-state index contributed by atoms with van der Waals surface area (Å²) in [5.74, 6) is 0.829. The number of fused-ring (bicyclic) bond motifs is 8. The van der Waals surface area contributed by atoms with E-state index < -0.39 is 40.5 Å². The van der Waals surface area contributed by atoms with Crippen LogP contribution in [0.5, 0.6) is 11.5 Å². The smallest absolute Gasteiger partial charge is 0.121 e. The van der Waals surface area contributed by atoms with Crippen molar-refractivity contribution in [2.45, 2.75) is 86.4 Å². The third-order valence-electron chi connectivity index (χ3n) is 19.8. The van der Waals surface area contributed by atoms with Crippen molar-refractivity contribution < 1.29 is 50.7 Å². The van der Waals surface area contributed by atoms with E-state index in [0.29, 0.717) is 18.8 Å². The Morgan fingerprint density at radius 1 is 0.294 bits per heavy atom. The Labute approximate surface area is 519 Å². The zero-order valence-corrected chi connectivity index (χ0v) is 56.1. The van der Waals surface area contributed by atoms with E-state index in [-0.39, 0.29) is 12.4 Å². The Balaban J connectivity index is 0.000000129. The van der Waals surface area contributed by atoms with E-state index in [1.807, 2.05) is 64.1 Å². The maximum atomic E-state index is 9.21. The zero-order chi connectivity index (χ0) is 58.0. The Hall–Kier alpha value is -6.66. The molecule has 2 nitrogen and oxygen atoms in total. The van der Waals surface area contributed by atoms with Crippen LogP contribution in [-0.4, -0.2) is 10.2 Å². The molecular formula is C80H77ClO2Zr2. The van der Waals surface area contributed by atoms with Crippen LogP contribution >= 0.6 is 12.4 Å². The fraction of sp³-hybridized carbons (Fsp3) is 0.200. The van der Waals surface area contributed by atoms with Gasteiger partial charge < -0.3 is 10.2 Å². The van der Waals surface area contributed by atoms with Gasteiger partial charge in [-0.05, 0) is 49.9 Å². The van der Waals surface area contributed by atoms with Crippen molar-refractivity contribution in [3.05, 3.63) is 295 Å². The zero-order valence-electron chi connectivity index (χ0n) is 50.4. The molecule has 4 unspecified atom stereocenters. The SMILES string of the molecule is CC1=Cc2c(-c3ccccc3)cccc2[CH]1[Zr]1([CH]2C(C)=Cc3c(-c4ccccc4)cccc32)[CH2][CH2]1.CC1=Cc2c(ccc3ccccc23)[CH]1[Zr]1([CH]2C(C)=Cc3c2ccc2ccccc32)[CH2][CH2]1.Cc1cccc(C)c1O.Cc1cccc(C)c1O.Cl. The number of allylic oxidation sites excluding steroid dienone is 4. The number of hydrogen-bond acceptors (Lipinski definition) is 2. The molecule has 2 N–H and O–H groups in total. The summed E-state index contributed by atoms with van der Waals surface area (Å²) in [6.45, 7) is 17.3. The summed E-state index contributed by atoms with van der Waals surface area (Å²) < 4.78 is 8.93. The van der Waals surface area contributed by atoms with Crippen LogP contribution in [0.1, 0.15) is 109 Å². The van der Waals surface area contributed by atoms with Crippen molar-refractivity contribution in [1.29, 1.82) is 0 Å². The maximum Gasteiger partial charge on any atom is 0.121 e. The quantitative estimate of drug-likeness (QED) is 0.174. The van der Waals surface area contributed by atoms with Gasteiger partial charge in [0.15, 0.2) is 0 Å². The molecule has 16 rings (SSSR count). The van der Waals surface area contributed by atoms with Gasteiger partial charge in [-0.15, -0.1) is 12.4 Å². The second-order valence-corrected chi connectivity index (χ2v) is 47.9. The largest absolute Gasteiger partial charge is 0.507 e. The van der Waals surface area contributed by atoms with E-state index >= 15 is 0 Å². The molecule has 2 fully saturated rings. The third kappa shape index (κ3) is 10.6. The minimum Gasteiger partial charge on any atom is -0.507 e. The molecule has 85 heavy (non-hydrogen) atoms. The number of hydrogen-bond donors (Lipinski definition) is 2. The van der Waals surface area contributed by atoms with E-state index in [2.05, 4.69) is 222 Å². The van der Waals surface area contributed by atoms with Gasteiger partial charge in [-0.1, -0.05) is 36.4 Å². The van der Waals surface area contributed by atoms with E-state index in [1.165, 1.54) is 82.6 Å². The monoisotopic (exact) mass is 1280 g/mol. The minimum absolute atomic E-state index is 0. The van der Waals surface area contributed by atoms with Crippen LogP contribution < -0.4 is 0 Å². The van der Waals surface area contributed by atoms with Gasteiger partial charge in [-0.3, -0.25) is 0 Å². The molecule has 5 heteroatoms. The van der Waals surface area contributed by atoms with Gasteiger partial charge in [0.2, 0.25) is 0 Å². The fourth-order valence-electron chi connectivity index (χ4n) is 15.8. The van der Waals surface area contributed by atoms with Crippen molar-refractivity contribution in [2.24, 2.45) is 0 Å². The number of aryl methyl sites for hydroxylation is 4. The minimum atomic E-state index is -2.56. The van der Waals surface area contributed by atoms with Gasteiger partial charge in [-0.2, -0.15) is 0 Å². The van der Waals surface area contributed by atoms with E-state index in [4.69, 9.17) is 0 Å². The molecule has 4 aliphatic carbocycles. The van der Waals surface area contributed by atoms with Gasteiger partial charge >= 0.3 is 404 Å². The summed E-state index contributed by atoms with van der Waals surface area (Å²) in [5.41, 5.74) is 28.3. The standard InChI is InChI=1S/2C16H13.2C14H11.2C8H10O.2C2H4.ClH.2Zr/c2*1-12-10-14-8-5-9-15(16(14)11-12)13-6-3-2-4-7-13;2*1-10-8-12-7-6-11-4-2-3-5-13(11)14(12)9-10;2*1-6-4-3-5-7(2)8(6)9;2*1-2;;;/h2*2-11H,1H3;2*2-9H,1H3;2*3-5,9H,1-2H3;2*1-2H2;1H;;. The number of benzene rings is 10. The molecule has 2 aliphatic heterocycles. The van der Waals surface area contributed by atoms with E-state index in [0.717, 1.165) is 29.5 Å². The first-order valence-electron chi connectivity index (χ1n) is 30.4. The average Bonchev–Trinajstić information content (AvgIpc) is 1.66. The second kappa shape index (κ2) is 23.9. The Kier molecular flexibility index (Phi) is 16.5. The topological polar surface area (TPSA) is 40.5 Å². The third-order valence-corrected chi connectivity index (χ3v) is 46.8. The normalized spacial score (nSPS) is 19.1. The van der Waals surface area contributed by atoms with Crippen LogP contribution in [0.4, 0.5) is 0 Å². The van der Waals surface area contributed by atoms with Crippen molar-refractivity contribution in [3.8, 4) is 33.8 Å². The first-order chi connectivity index (χ1) is 40.8. The molecule has 10 aromatic rings. The van der Waals surface area contributed by atoms with Crippen LogP contribution in [0.3, 0.4) is 0 Å². The molecule has 6 aliphatic rings. The van der Waals surface area contributed by atoms with Gasteiger partial charge in [0.05, 0.1) is 0 Å². The number of phenols is 2. The fourth-order valence-corrected chi connectivity index (χ4v) is 51.3. The number of halogens is 1. The molecule has 2 saturated heterocycles. The predicted molar refractivity (Wildman–Crippen MR) is 359 cm³/mol. The average molecular weight is 1290 g/mol. The van der Waals surface area contributed by atoms with Crippen molar-refractivity contribution in [2.75, 3.05) is 0 Å². The van der Waals surface area contributed by atoms with Crippen molar-refractivity contribution in [1.82, 2.24) is 0 Å². The maximum absolute atomic E-state index is 9.21. The summed E-state index contributed by atoms with van der Waals surface area (Å²) >= 11 is -5.04. The van der Waals surface area contributed by atoms with Crippen LogP contribution in [0.25, 0.3) is 68.1 Å². The molecule has 0 amide bonds. The first kappa shape index (κ1) is 58.7. The molecular weight excluding hydrogens is 1210 g/mol. The van der Waals surface area contributed by atoms with Crippen LogP contribution in [0.2, 0.25) is 16.5 Å². The van der Waals surface area contributed by atoms with Crippen LogP contribution in [-0.2, 0) is 40.5 Å². The predicted octanol–water partition coefficient (Wildman–Crippen LogP) is 22.7. The summed E-state index contributed by atoms with van der Waals surface area (Å²) in [7, 11) is 0. The molecule has 0 saturated carbocycles. The molecule has 4 atom stereocenters. The molecule has 0 spiro atoms. The van der Waals surface area contributed by atoms with Gasteiger partial charge in [0.25, 0.3) is 0 Å². The number of phenolic OH excluding ortho intramolecular Hbond substituents is 2. The molecule has 10 aromatic carbocycles. The van der Waals surface area contributed by atoms with Gasteiger partial charge in [0, 0.05) is 0 Å². The number of rotatable bonds is 6. The second-order valence-electron chi connectivity index (χ2n) is 25.2. The van der Waals surface area contributed by atoms with Gasteiger partial charge in [0.1, 0.15) is 11.5 Å². The first-order valence-corrected chi connectivity index (χ1v) is 43.0. The van der Waals surface area contributed by atoms with Gasteiger partial charge in [-0.25, -0.2) is 0 Å². The Morgan fingerprint density at radius 2 is 0.588 bits per heavy atom. The van der Waals surface area contributed by atoms with Crippen molar-refractivity contribution in [3.63, 3.8) is 0 Å². The molecule has 0 bridgehead atoms. The Morgan fingerprint density at radius 3 is 0.918 bits per heavy atom.